The van der Waals surface area contributed by atoms with Gasteiger partial charge in [-0.2, -0.15) is 0 Å². The van der Waals surface area contributed by atoms with Crippen LogP contribution in [0.5, 0.6) is 5.75 Å². The first-order chi connectivity index (χ1) is 13.1. The highest BCUT2D eigenvalue weighted by atomic mass is 16.5. The number of anilines is 1. The average Bonchev–Trinajstić information content (AvgIpc) is 2.67. The molecule has 1 aliphatic heterocycles. The normalized spacial score (nSPS) is 12.9. The number of ether oxygens (including phenoxy) is 1. The number of hydrogen-bond acceptors (Lipinski definition) is 3. The highest BCUT2D eigenvalue weighted by Gasteiger charge is 2.22. The molecular formula is C21H25N3O3. The van der Waals surface area contributed by atoms with E-state index in [1.165, 1.54) is 6.92 Å². The van der Waals surface area contributed by atoms with Crippen molar-refractivity contribution in [1.29, 1.82) is 0 Å². The Kier molecular flexibility index (Phi) is 5.96. The molecule has 1 heterocycles. The summed E-state index contributed by atoms with van der Waals surface area (Å²) in [6.45, 7) is 3.26. The summed E-state index contributed by atoms with van der Waals surface area (Å²) in [5.74, 6) is 0.738. The van der Waals surface area contributed by atoms with Crippen LogP contribution in [-0.2, 0) is 24.2 Å². The zero-order chi connectivity index (χ0) is 19.2. The molecule has 2 aromatic rings. The van der Waals surface area contributed by atoms with Crippen LogP contribution < -0.4 is 15.4 Å². The predicted molar refractivity (Wildman–Crippen MR) is 105 cm³/mol. The lowest BCUT2D eigenvalue weighted by molar-refractivity contribution is -0.114. The minimum Gasteiger partial charge on any atom is -0.497 e. The molecule has 1 aliphatic rings. The summed E-state index contributed by atoms with van der Waals surface area (Å²) in [5.41, 5.74) is 4.17. The molecule has 3 rings (SSSR count). The van der Waals surface area contributed by atoms with E-state index in [4.69, 9.17) is 4.74 Å². The minimum atomic E-state index is -0.0823. The lowest BCUT2D eigenvalue weighted by atomic mass is 9.98. The van der Waals surface area contributed by atoms with Crippen LogP contribution in [-0.4, -0.2) is 37.0 Å². The van der Waals surface area contributed by atoms with Crippen LogP contribution in [0, 0.1) is 0 Å². The first kappa shape index (κ1) is 18.8. The van der Waals surface area contributed by atoms with Gasteiger partial charge in [0, 0.05) is 32.2 Å². The number of nitrogens with one attached hydrogen (secondary N) is 2. The summed E-state index contributed by atoms with van der Waals surface area (Å²) in [7, 11) is 1.65. The Bertz CT molecular complexity index is 835. The molecule has 6 heteroatoms. The van der Waals surface area contributed by atoms with Gasteiger partial charge in [-0.1, -0.05) is 24.3 Å². The van der Waals surface area contributed by atoms with Crippen LogP contribution >= 0.6 is 0 Å². The maximum Gasteiger partial charge on any atom is 0.317 e. The van der Waals surface area contributed by atoms with Gasteiger partial charge >= 0.3 is 6.03 Å². The van der Waals surface area contributed by atoms with Gasteiger partial charge in [0.2, 0.25) is 5.91 Å². The van der Waals surface area contributed by atoms with Gasteiger partial charge in [0.1, 0.15) is 5.75 Å². The Labute approximate surface area is 159 Å². The van der Waals surface area contributed by atoms with Crippen molar-refractivity contribution in [3.63, 3.8) is 0 Å². The Morgan fingerprint density at radius 1 is 1.19 bits per heavy atom. The average molecular weight is 367 g/mol. The first-order valence-electron chi connectivity index (χ1n) is 9.11. The van der Waals surface area contributed by atoms with Crippen LogP contribution in [0.2, 0.25) is 0 Å². The van der Waals surface area contributed by atoms with E-state index in [2.05, 4.69) is 10.6 Å². The molecule has 0 unspecified atom stereocenters. The molecule has 0 atom stereocenters. The van der Waals surface area contributed by atoms with Gasteiger partial charge in [-0.15, -0.1) is 0 Å². The molecule has 2 N–H and O–H groups in total. The second-order valence-electron chi connectivity index (χ2n) is 6.63. The lowest BCUT2D eigenvalue weighted by Gasteiger charge is -2.30. The topological polar surface area (TPSA) is 70.7 Å². The summed E-state index contributed by atoms with van der Waals surface area (Å²) in [5, 5.41) is 5.86. The Balaban J connectivity index is 1.55. The monoisotopic (exact) mass is 367 g/mol. The van der Waals surface area contributed by atoms with Crippen molar-refractivity contribution in [3.05, 3.63) is 59.2 Å². The van der Waals surface area contributed by atoms with Gasteiger partial charge in [-0.05, 0) is 47.7 Å². The Morgan fingerprint density at radius 2 is 2.00 bits per heavy atom. The van der Waals surface area contributed by atoms with Gasteiger partial charge in [-0.25, -0.2) is 4.79 Å². The third-order valence-electron chi connectivity index (χ3n) is 4.69. The van der Waals surface area contributed by atoms with Crippen molar-refractivity contribution < 1.29 is 14.3 Å². The molecular weight excluding hydrogens is 342 g/mol. The van der Waals surface area contributed by atoms with Crippen LogP contribution in [0.25, 0.3) is 0 Å². The molecule has 27 heavy (non-hydrogen) atoms. The molecule has 142 valence electrons. The van der Waals surface area contributed by atoms with E-state index in [-0.39, 0.29) is 11.9 Å². The van der Waals surface area contributed by atoms with Crippen LogP contribution in [0.3, 0.4) is 0 Å². The van der Waals surface area contributed by atoms with Gasteiger partial charge in [-0.3, -0.25) is 4.79 Å². The van der Waals surface area contributed by atoms with Gasteiger partial charge < -0.3 is 20.3 Å². The van der Waals surface area contributed by atoms with E-state index in [0.717, 1.165) is 41.0 Å². The van der Waals surface area contributed by atoms with Crippen molar-refractivity contribution in [2.45, 2.75) is 26.3 Å². The smallest absolute Gasteiger partial charge is 0.317 e. The SMILES string of the molecule is COc1cccc(CCNC(=O)N2CCc3c(cccc3NC(C)=O)C2)c1. The zero-order valence-corrected chi connectivity index (χ0v) is 15.7. The largest absolute Gasteiger partial charge is 0.497 e. The van der Waals surface area contributed by atoms with Crippen LogP contribution in [0.15, 0.2) is 42.5 Å². The van der Waals surface area contributed by atoms with E-state index in [9.17, 15) is 9.59 Å². The van der Waals surface area contributed by atoms with Crippen LogP contribution in [0.4, 0.5) is 10.5 Å². The molecule has 3 amide bonds. The molecule has 0 saturated heterocycles. The Morgan fingerprint density at radius 3 is 2.78 bits per heavy atom. The number of amides is 3. The standard InChI is InChI=1S/C21H25N3O3/c1-15(25)23-20-8-4-6-17-14-24(12-10-19(17)20)21(26)22-11-9-16-5-3-7-18(13-16)27-2/h3-8,13H,9-12,14H2,1-2H3,(H,22,26)(H,23,25). The maximum atomic E-state index is 12.5. The number of fused-ring (bicyclic) bond motifs is 1. The lowest BCUT2D eigenvalue weighted by Crippen LogP contribution is -2.43. The van der Waals surface area contributed by atoms with E-state index in [0.29, 0.717) is 19.6 Å². The number of carbonyl (C=O) groups excluding carboxylic acids is 2. The predicted octanol–water partition coefficient (Wildman–Crippen LogP) is 2.96. The van der Waals surface area contributed by atoms with E-state index >= 15 is 0 Å². The van der Waals surface area contributed by atoms with Gasteiger partial charge in [0.25, 0.3) is 0 Å². The number of rotatable bonds is 5. The summed E-state index contributed by atoms with van der Waals surface area (Å²) in [6, 6.07) is 13.6. The summed E-state index contributed by atoms with van der Waals surface area (Å²) in [6.07, 6.45) is 1.48. The van der Waals surface area contributed by atoms with E-state index in [1.807, 2.05) is 47.4 Å². The molecule has 6 nitrogen and oxygen atoms in total. The third-order valence-corrected chi connectivity index (χ3v) is 4.69. The van der Waals surface area contributed by atoms with Crippen molar-refractivity contribution >= 4 is 17.6 Å². The summed E-state index contributed by atoms with van der Waals surface area (Å²) < 4.78 is 5.22. The molecule has 0 radical (unpaired) electrons. The molecule has 0 aromatic heterocycles. The number of urea groups is 1. The van der Waals surface area contributed by atoms with Gasteiger partial charge in [0.15, 0.2) is 0 Å². The molecule has 0 saturated carbocycles. The second-order valence-corrected chi connectivity index (χ2v) is 6.63. The highest BCUT2D eigenvalue weighted by molar-refractivity contribution is 5.90. The summed E-state index contributed by atoms with van der Waals surface area (Å²) >= 11 is 0. The fourth-order valence-electron chi connectivity index (χ4n) is 3.34. The molecule has 0 aliphatic carbocycles. The molecule has 0 fully saturated rings. The van der Waals surface area contributed by atoms with Crippen molar-refractivity contribution in [1.82, 2.24) is 10.2 Å². The van der Waals surface area contributed by atoms with Gasteiger partial charge in [0.05, 0.1) is 7.11 Å². The number of methoxy groups -OCH3 is 1. The molecule has 0 spiro atoms. The number of carbonyl (C=O) groups is 2. The fourth-order valence-corrected chi connectivity index (χ4v) is 3.34. The molecule has 2 aromatic carbocycles. The van der Waals surface area contributed by atoms with E-state index < -0.39 is 0 Å². The maximum absolute atomic E-state index is 12.5. The number of benzene rings is 2. The third kappa shape index (κ3) is 4.78. The minimum absolute atomic E-state index is 0.0616. The fraction of sp³-hybridized carbons (Fsp3) is 0.333. The molecule has 0 bridgehead atoms. The zero-order valence-electron chi connectivity index (χ0n) is 15.7. The van der Waals surface area contributed by atoms with Crippen LogP contribution in [0.1, 0.15) is 23.6 Å². The van der Waals surface area contributed by atoms with E-state index in [1.54, 1.807) is 7.11 Å². The summed E-state index contributed by atoms with van der Waals surface area (Å²) in [4.78, 5) is 25.7. The van der Waals surface area contributed by atoms with Crippen molar-refractivity contribution in [2.24, 2.45) is 0 Å². The number of hydrogen-bond donors (Lipinski definition) is 2. The Hall–Kier alpha value is -3.02. The van der Waals surface area contributed by atoms with Crippen molar-refractivity contribution in [2.75, 3.05) is 25.5 Å². The first-order valence-corrected chi connectivity index (χ1v) is 9.11. The second kappa shape index (κ2) is 8.58. The number of nitrogens with zero attached hydrogens (tertiary/aromatic N) is 1. The van der Waals surface area contributed by atoms with Crippen molar-refractivity contribution in [3.8, 4) is 5.75 Å². The highest BCUT2D eigenvalue weighted by Crippen LogP contribution is 2.26. The quantitative estimate of drug-likeness (QED) is 0.854.